The zero-order chi connectivity index (χ0) is 20.5. The fourth-order valence-corrected chi connectivity index (χ4v) is 2.67. The summed E-state index contributed by atoms with van der Waals surface area (Å²) in [6.45, 7) is 2.07. The van der Waals surface area contributed by atoms with Crippen molar-refractivity contribution in [1.29, 1.82) is 0 Å². The third-order valence-corrected chi connectivity index (χ3v) is 4.05. The summed E-state index contributed by atoms with van der Waals surface area (Å²) in [7, 11) is 4.64. The van der Waals surface area contributed by atoms with Gasteiger partial charge in [-0.3, -0.25) is 4.79 Å². The van der Waals surface area contributed by atoms with Gasteiger partial charge in [0.25, 0.3) is 0 Å². The minimum absolute atomic E-state index is 0.141. The van der Waals surface area contributed by atoms with Gasteiger partial charge in [0, 0.05) is 12.1 Å². The molecule has 0 heterocycles. The van der Waals surface area contributed by atoms with Crippen molar-refractivity contribution in [3.63, 3.8) is 0 Å². The lowest BCUT2D eigenvalue weighted by atomic mass is 10.1. The second-order valence-electron chi connectivity index (χ2n) is 5.88. The van der Waals surface area contributed by atoms with Crippen LogP contribution in [0.25, 0.3) is 0 Å². The second kappa shape index (κ2) is 10.2. The molecule has 0 aromatic heterocycles. The van der Waals surface area contributed by atoms with Gasteiger partial charge in [-0.1, -0.05) is 0 Å². The van der Waals surface area contributed by atoms with Gasteiger partial charge in [0.15, 0.2) is 11.5 Å². The molecule has 2 aromatic carbocycles. The molecule has 0 aliphatic carbocycles. The Morgan fingerprint density at radius 3 is 2.04 bits per heavy atom. The molecule has 2 rings (SSSR count). The number of hydrogen-bond acceptors (Lipinski definition) is 6. The zero-order valence-corrected chi connectivity index (χ0v) is 16.5. The highest BCUT2D eigenvalue weighted by molar-refractivity contribution is 5.93. The number of nitrogens with one attached hydrogen (secondary N) is 1. The first-order valence-electron chi connectivity index (χ1n) is 8.88. The molecule has 7 nitrogen and oxygen atoms in total. The van der Waals surface area contributed by atoms with E-state index >= 15 is 0 Å². The number of esters is 1. The smallest absolute Gasteiger partial charge is 0.338 e. The highest BCUT2D eigenvalue weighted by Gasteiger charge is 2.14. The van der Waals surface area contributed by atoms with Crippen LogP contribution < -0.4 is 19.5 Å². The van der Waals surface area contributed by atoms with E-state index in [-0.39, 0.29) is 18.3 Å². The first-order chi connectivity index (χ1) is 13.5. The van der Waals surface area contributed by atoms with E-state index in [0.29, 0.717) is 41.5 Å². The molecule has 0 bridgehead atoms. The van der Waals surface area contributed by atoms with E-state index in [1.807, 2.05) is 12.1 Å². The molecule has 0 atom stereocenters. The molecular weight excluding hydrogens is 362 g/mol. The fourth-order valence-electron chi connectivity index (χ4n) is 2.67. The lowest BCUT2D eigenvalue weighted by Gasteiger charge is -2.14. The summed E-state index contributed by atoms with van der Waals surface area (Å²) in [5.41, 5.74) is 1.95. The van der Waals surface area contributed by atoms with Crippen LogP contribution in [0.15, 0.2) is 36.4 Å². The summed E-state index contributed by atoms with van der Waals surface area (Å²) in [5.74, 6) is 1.08. The Morgan fingerprint density at radius 2 is 1.54 bits per heavy atom. The minimum Gasteiger partial charge on any atom is -0.493 e. The predicted octanol–water partition coefficient (Wildman–Crippen LogP) is 3.46. The number of ether oxygens (including phenoxy) is 4. The summed E-state index contributed by atoms with van der Waals surface area (Å²) in [5, 5.41) is 2.81. The normalized spacial score (nSPS) is 10.1. The molecule has 0 unspecified atom stereocenters. The molecule has 150 valence electrons. The van der Waals surface area contributed by atoms with Crippen molar-refractivity contribution in [2.75, 3.05) is 33.3 Å². The average molecular weight is 387 g/mol. The van der Waals surface area contributed by atoms with Crippen molar-refractivity contribution >= 4 is 17.6 Å². The molecule has 0 saturated carbocycles. The lowest BCUT2D eigenvalue weighted by Crippen LogP contribution is -2.13. The monoisotopic (exact) mass is 387 g/mol. The van der Waals surface area contributed by atoms with Gasteiger partial charge in [0.1, 0.15) is 0 Å². The van der Waals surface area contributed by atoms with Gasteiger partial charge in [0.2, 0.25) is 11.7 Å². The molecule has 0 spiro atoms. The summed E-state index contributed by atoms with van der Waals surface area (Å²) in [4.78, 5) is 23.9. The fraction of sp³-hybridized carbons (Fsp3) is 0.333. The molecule has 0 fully saturated rings. The maximum absolute atomic E-state index is 12.2. The van der Waals surface area contributed by atoms with Crippen LogP contribution in [0.4, 0.5) is 5.69 Å². The van der Waals surface area contributed by atoms with E-state index in [0.717, 1.165) is 5.56 Å². The molecule has 2 aromatic rings. The number of rotatable bonds is 9. The largest absolute Gasteiger partial charge is 0.493 e. The van der Waals surface area contributed by atoms with Gasteiger partial charge in [-0.2, -0.15) is 0 Å². The summed E-state index contributed by atoms with van der Waals surface area (Å²) >= 11 is 0. The molecular formula is C21H25NO6. The SMILES string of the molecule is CCOC(=O)c1ccc(NC(=O)CCc2cc(OC)c(OC)c(OC)c2)cc1. The van der Waals surface area contributed by atoms with Crippen LogP contribution in [0.5, 0.6) is 17.2 Å². The highest BCUT2D eigenvalue weighted by Crippen LogP contribution is 2.38. The predicted molar refractivity (Wildman–Crippen MR) is 105 cm³/mol. The van der Waals surface area contributed by atoms with Gasteiger partial charge in [-0.15, -0.1) is 0 Å². The van der Waals surface area contributed by atoms with E-state index < -0.39 is 0 Å². The third-order valence-electron chi connectivity index (χ3n) is 4.05. The van der Waals surface area contributed by atoms with Gasteiger partial charge in [-0.05, 0) is 55.3 Å². The zero-order valence-electron chi connectivity index (χ0n) is 16.5. The van der Waals surface area contributed by atoms with Crippen LogP contribution in [0.2, 0.25) is 0 Å². The van der Waals surface area contributed by atoms with E-state index in [4.69, 9.17) is 18.9 Å². The molecule has 0 aliphatic rings. The molecule has 0 radical (unpaired) electrons. The van der Waals surface area contributed by atoms with Crippen molar-refractivity contribution in [2.45, 2.75) is 19.8 Å². The first kappa shape index (κ1) is 21.1. The number of hydrogen-bond donors (Lipinski definition) is 1. The Hall–Kier alpha value is -3.22. The number of anilines is 1. The standard InChI is InChI=1S/C21H25NO6/c1-5-28-21(24)15-7-9-16(10-8-15)22-19(23)11-6-14-12-17(25-2)20(27-4)18(13-14)26-3/h7-10,12-13H,5-6,11H2,1-4H3,(H,22,23). The Kier molecular flexibility index (Phi) is 7.68. The summed E-state index contributed by atoms with van der Waals surface area (Å²) in [6, 6.07) is 10.2. The maximum Gasteiger partial charge on any atom is 0.338 e. The Balaban J connectivity index is 1.98. The van der Waals surface area contributed by atoms with Crippen molar-refractivity contribution in [1.82, 2.24) is 0 Å². The minimum atomic E-state index is -0.386. The highest BCUT2D eigenvalue weighted by atomic mass is 16.5. The Labute approximate surface area is 164 Å². The van der Waals surface area contributed by atoms with E-state index in [2.05, 4.69) is 5.32 Å². The van der Waals surface area contributed by atoms with Crippen LogP contribution in [-0.2, 0) is 16.0 Å². The number of methoxy groups -OCH3 is 3. The average Bonchev–Trinajstić information content (AvgIpc) is 2.72. The summed E-state index contributed by atoms with van der Waals surface area (Å²) in [6.07, 6.45) is 0.779. The molecule has 7 heteroatoms. The van der Waals surface area contributed by atoms with Crippen LogP contribution >= 0.6 is 0 Å². The number of aryl methyl sites for hydroxylation is 1. The van der Waals surface area contributed by atoms with E-state index in [1.54, 1.807) is 52.5 Å². The van der Waals surface area contributed by atoms with Crippen LogP contribution in [-0.4, -0.2) is 39.8 Å². The van der Waals surface area contributed by atoms with Gasteiger partial charge in [0.05, 0.1) is 33.5 Å². The quantitative estimate of drug-likeness (QED) is 0.664. The van der Waals surface area contributed by atoms with Crippen molar-refractivity contribution < 1.29 is 28.5 Å². The first-order valence-corrected chi connectivity index (χ1v) is 8.88. The molecule has 0 saturated heterocycles. The number of amides is 1. The molecule has 1 N–H and O–H groups in total. The number of benzene rings is 2. The van der Waals surface area contributed by atoms with Crippen molar-refractivity contribution in [2.24, 2.45) is 0 Å². The molecule has 1 amide bonds. The van der Waals surface area contributed by atoms with Gasteiger partial charge >= 0.3 is 5.97 Å². The van der Waals surface area contributed by atoms with E-state index in [9.17, 15) is 9.59 Å². The second-order valence-corrected chi connectivity index (χ2v) is 5.88. The van der Waals surface area contributed by atoms with Crippen LogP contribution in [0.3, 0.4) is 0 Å². The molecule has 0 aliphatic heterocycles. The Morgan fingerprint density at radius 1 is 0.929 bits per heavy atom. The van der Waals surface area contributed by atoms with E-state index in [1.165, 1.54) is 0 Å². The van der Waals surface area contributed by atoms with Gasteiger partial charge < -0.3 is 24.3 Å². The molecule has 28 heavy (non-hydrogen) atoms. The summed E-state index contributed by atoms with van der Waals surface area (Å²) < 4.78 is 20.9. The van der Waals surface area contributed by atoms with Crippen LogP contribution in [0, 0.1) is 0 Å². The third kappa shape index (κ3) is 5.39. The van der Waals surface area contributed by atoms with Crippen molar-refractivity contribution in [3.8, 4) is 17.2 Å². The number of carbonyl (C=O) groups excluding carboxylic acids is 2. The van der Waals surface area contributed by atoms with Crippen LogP contribution in [0.1, 0.15) is 29.3 Å². The topological polar surface area (TPSA) is 83.1 Å². The van der Waals surface area contributed by atoms with Crippen molar-refractivity contribution in [3.05, 3.63) is 47.5 Å². The number of carbonyl (C=O) groups is 2. The van der Waals surface area contributed by atoms with Gasteiger partial charge in [-0.25, -0.2) is 4.79 Å². The Bertz CT molecular complexity index is 791. The maximum atomic E-state index is 12.2. The lowest BCUT2D eigenvalue weighted by molar-refractivity contribution is -0.116.